The number of amides is 1. The van der Waals surface area contributed by atoms with E-state index in [0.29, 0.717) is 0 Å². The molecule has 0 bridgehead atoms. The van der Waals surface area contributed by atoms with E-state index in [9.17, 15) is 9.18 Å². The van der Waals surface area contributed by atoms with E-state index < -0.39 is 13.1 Å². The first-order chi connectivity index (χ1) is 6.50. The lowest BCUT2D eigenvalue weighted by atomic mass is 9.81. The summed E-state index contributed by atoms with van der Waals surface area (Å²) < 4.78 is 13.0. The predicted octanol–water partition coefficient (Wildman–Crippen LogP) is -1.14. The standard InChI is InChI=1S/C7H8BFN2O3/c1-4(12)10-6-3-2-5(8(13)14)7(9)11-6/h2-3,13-14H,1H3,(H,10,11,12). The molecule has 1 aromatic heterocycles. The van der Waals surface area contributed by atoms with Crippen LogP contribution in [-0.2, 0) is 4.79 Å². The Morgan fingerprint density at radius 1 is 1.57 bits per heavy atom. The summed E-state index contributed by atoms with van der Waals surface area (Å²) in [6.45, 7) is 1.26. The quantitative estimate of drug-likeness (QED) is 0.414. The highest BCUT2D eigenvalue weighted by atomic mass is 19.1. The molecule has 0 aliphatic carbocycles. The number of hydrogen-bond acceptors (Lipinski definition) is 4. The second kappa shape index (κ2) is 4.16. The molecule has 0 aliphatic rings. The summed E-state index contributed by atoms with van der Waals surface area (Å²) in [5, 5.41) is 19.6. The maximum absolute atomic E-state index is 13.0. The van der Waals surface area contributed by atoms with E-state index in [1.54, 1.807) is 0 Å². The van der Waals surface area contributed by atoms with Gasteiger partial charge < -0.3 is 15.4 Å². The molecule has 0 unspecified atom stereocenters. The Labute approximate surface area is 79.7 Å². The monoisotopic (exact) mass is 198 g/mol. The molecular formula is C7H8BFN2O3. The lowest BCUT2D eigenvalue weighted by Gasteiger charge is -2.04. The zero-order chi connectivity index (χ0) is 10.7. The molecule has 5 nitrogen and oxygen atoms in total. The summed E-state index contributed by atoms with van der Waals surface area (Å²) in [4.78, 5) is 13.9. The van der Waals surface area contributed by atoms with Gasteiger partial charge in [0.2, 0.25) is 11.9 Å². The zero-order valence-corrected chi connectivity index (χ0v) is 7.36. The van der Waals surface area contributed by atoms with Crippen molar-refractivity contribution in [3.8, 4) is 0 Å². The van der Waals surface area contributed by atoms with Crippen LogP contribution in [0.1, 0.15) is 6.92 Å². The van der Waals surface area contributed by atoms with Gasteiger partial charge >= 0.3 is 7.12 Å². The molecule has 0 saturated heterocycles. The molecule has 1 amide bonds. The highest BCUT2D eigenvalue weighted by Crippen LogP contribution is 2.02. The molecule has 74 valence electrons. The van der Waals surface area contributed by atoms with Gasteiger partial charge in [-0.05, 0) is 6.07 Å². The zero-order valence-electron chi connectivity index (χ0n) is 7.36. The van der Waals surface area contributed by atoms with Gasteiger partial charge in [-0.2, -0.15) is 4.39 Å². The van der Waals surface area contributed by atoms with Gasteiger partial charge in [0.1, 0.15) is 5.82 Å². The number of hydrogen-bond donors (Lipinski definition) is 3. The average Bonchev–Trinajstić information content (AvgIpc) is 2.01. The van der Waals surface area contributed by atoms with Crippen LogP contribution in [0.2, 0.25) is 0 Å². The molecule has 1 heterocycles. The average molecular weight is 198 g/mol. The van der Waals surface area contributed by atoms with Gasteiger partial charge in [0.25, 0.3) is 0 Å². The fourth-order valence-corrected chi connectivity index (χ4v) is 0.888. The van der Waals surface area contributed by atoms with E-state index in [2.05, 4.69) is 10.3 Å². The number of nitrogens with zero attached hydrogens (tertiary/aromatic N) is 1. The van der Waals surface area contributed by atoms with Crippen molar-refractivity contribution >= 4 is 24.3 Å². The molecule has 0 aromatic carbocycles. The van der Waals surface area contributed by atoms with Crippen molar-refractivity contribution in [3.63, 3.8) is 0 Å². The van der Waals surface area contributed by atoms with Crippen LogP contribution < -0.4 is 10.8 Å². The highest BCUT2D eigenvalue weighted by Gasteiger charge is 2.17. The number of aromatic nitrogens is 1. The summed E-state index contributed by atoms with van der Waals surface area (Å²) in [6, 6.07) is 2.41. The number of halogens is 1. The number of rotatable bonds is 2. The molecule has 14 heavy (non-hydrogen) atoms. The van der Waals surface area contributed by atoms with Gasteiger partial charge in [-0.15, -0.1) is 0 Å². The minimum atomic E-state index is -1.91. The molecule has 0 saturated carbocycles. The topological polar surface area (TPSA) is 82.5 Å². The number of anilines is 1. The smallest absolute Gasteiger partial charge is 0.423 e. The third-order valence-electron chi connectivity index (χ3n) is 1.46. The van der Waals surface area contributed by atoms with Gasteiger partial charge in [-0.25, -0.2) is 4.98 Å². The molecule has 0 fully saturated rings. The second-order valence-electron chi connectivity index (χ2n) is 2.63. The molecule has 1 rings (SSSR count). The van der Waals surface area contributed by atoms with Crippen LogP contribution in [0.3, 0.4) is 0 Å². The summed E-state index contributed by atoms with van der Waals surface area (Å²) in [5.41, 5.74) is -0.334. The number of carbonyl (C=O) groups is 1. The summed E-state index contributed by atoms with van der Waals surface area (Å²) in [6.07, 6.45) is 0. The fourth-order valence-electron chi connectivity index (χ4n) is 0.888. The van der Waals surface area contributed by atoms with Crippen LogP contribution in [-0.4, -0.2) is 28.1 Å². The first-order valence-electron chi connectivity index (χ1n) is 3.81. The van der Waals surface area contributed by atoms with Gasteiger partial charge in [0.15, 0.2) is 0 Å². The Kier molecular flexibility index (Phi) is 3.16. The van der Waals surface area contributed by atoms with Crippen LogP contribution >= 0.6 is 0 Å². The van der Waals surface area contributed by atoms with Crippen molar-refractivity contribution in [1.82, 2.24) is 4.98 Å². The molecule has 0 atom stereocenters. The van der Waals surface area contributed by atoms with Crippen LogP contribution in [0, 0.1) is 5.95 Å². The van der Waals surface area contributed by atoms with E-state index in [4.69, 9.17) is 10.0 Å². The fraction of sp³-hybridized carbons (Fsp3) is 0.143. The number of carbonyl (C=O) groups excluding carboxylic acids is 1. The normalized spacial score (nSPS) is 9.71. The molecule has 0 spiro atoms. The Morgan fingerprint density at radius 2 is 2.21 bits per heavy atom. The molecule has 1 aromatic rings. The SMILES string of the molecule is CC(=O)Nc1ccc(B(O)O)c(F)n1. The summed E-state index contributed by atoms with van der Waals surface area (Å²) >= 11 is 0. The van der Waals surface area contributed by atoms with Crippen LogP contribution in [0.4, 0.5) is 10.2 Å². The minimum absolute atomic E-state index is 0.0272. The number of pyridine rings is 1. The van der Waals surface area contributed by atoms with Gasteiger partial charge in [0, 0.05) is 12.4 Å². The Bertz CT molecular complexity index is 359. The van der Waals surface area contributed by atoms with Crippen molar-refractivity contribution in [2.45, 2.75) is 6.92 Å². The molecular weight excluding hydrogens is 190 g/mol. The largest absolute Gasteiger partial charge is 0.493 e. The van der Waals surface area contributed by atoms with E-state index in [1.165, 1.54) is 13.0 Å². The van der Waals surface area contributed by atoms with Gasteiger partial charge in [-0.3, -0.25) is 4.79 Å². The van der Waals surface area contributed by atoms with Crippen molar-refractivity contribution in [3.05, 3.63) is 18.1 Å². The second-order valence-corrected chi connectivity index (χ2v) is 2.63. The lowest BCUT2D eigenvalue weighted by Crippen LogP contribution is -2.33. The first kappa shape index (κ1) is 10.6. The molecule has 0 radical (unpaired) electrons. The van der Waals surface area contributed by atoms with Crippen LogP contribution in [0.15, 0.2) is 12.1 Å². The third-order valence-corrected chi connectivity index (χ3v) is 1.46. The van der Waals surface area contributed by atoms with Gasteiger partial charge in [-0.1, -0.05) is 6.07 Å². The maximum atomic E-state index is 13.0. The van der Waals surface area contributed by atoms with Crippen molar-refractivity contribution < 1.29 is 19.2 Å². The third kappa shape index (κ3) is 2.51. The van der Waals surface area contributed by atoms with Crippen molar-refractivity contribution in [1.29, 1.82) is 0 Å². The lowest BCUT2D eigenvalue weighted by molar-refractivity contribution is -0.114. The van der Waals surface area contributed by atoms with E-state index in [1.807, 2.05) is 0 Å². The molecule has 3 N–H and O–H groups in total. The number of nitrogens with one attached hydrogen (secondary N) is 1. The van der Waals surface area contributed by atoms with Crippen LogP contribution in [0.25, 0.3) is 0 Å². The van der Waals surface area contributed by atoms with Gasteiger partial charge in [0.05, 0.1) is 0 Å². The Morgan fingerprint density at radius 3 is 2.64 bits per heavy atom. The molecule has 7 heteroatoms. The maximum Gasteiger partial charge on any atom is 0.493 e. The van der Waals surface area contributed by atoms with Crippen LogP contribution in [0.5, 0.6) is 0 Å². The molecule has 0 aliphatic heterocycles. The van der Waals surface area contributed by atoms with E-state index >= 15 is 0 Å². The Hall–Kier alpha value is -1.47. The summed E-state index contributed by atoms with van der Waals surface area (Å²) in [5.74, 6) is -1.38. The van der Waals surface area contributed by atoms with Crippen molar-refractivity contribution in [2.75, 3.05) is 5.32 Å². The highest BCUT2D eigenvalue weighted by molar-refractivity contribution is 6.58. The van der Waals surface area contributed by atoms with E-state index in [-0.39, 0.29) is 17.2 Å². The Balaban J connectivity index is 2.94. The van der Waals surface area contributed by atoms with E-state index in [0.717, 1.165) is 6.07 Å². The minimum Gasteiger partial charge on any atom is -0.423 e. The first-order valence-corrected chi connectivity index (χ1v) is 3.81. The van der Waals surface area contributed by atoms with Crippen molar-refractivity contribution in [2.24, 2.45) is 0 Å². The predicted molar refractivity (Wildman–Crippen MR) is 48.3 cm³/mol. The summed E-state index contributed by atoms with van der Waals surface area (Å²) in [7, 11) is -1.91.